The van der Waals surface area contributed by atoms with E-state index in [1.807, 2.05) is 14.0 Å². The van der Waals surface area contributed by atoms with Crippen molar-refractivity contribution in [3.63, 3.8) is 0 Å². The van der Waals surface area contributed by atoms with E-state index in [0.717, 1.165) is 19.3 Å². The van der Waals surface area contributed by atoms with Crippen molar-refractivity contribution in [3.05, 3.63) is 0 Å². The Kier molecular flexibility index (Phi) is 5.95. The van der Waals surface area contributed by atoms with Gasteiger partial charge in [0.15, 0.2) is 0 Å². The first-order valence-corrected chi connectivity index (χ1v) is 6.77. The molecule has 1 fully saturated rings. The fourth-order valence-electron chi connectivity index (χ4n) is 2.42. The highest BCUT2D eigenvalue weighted by atomic mass is 16.4. The molecule has 0 aromatic heterocycles. The lowest BCUT2D eigenvalue weighted by Crippen LogP contribution is -2.44. The maximum Gasteiger partial charge on any atom is 0.317 e. The van der Waals surface area contributed by atoms with Crippen LogP contribution in [0.4, 0.5) is 4.79 Å². The van der Waals surface area contributed by atoms with E-state index in [4.69, 9.17) is 5.11 Å². The number of nitrogens with one attached hydrogen (secondary N) is 1. The number of carbonyl (C=O) groups is 2. The Morgan fingerprint density at radius 2 is 2.00 bits per heavy atom. The van der Waals surface area contributed by atoms with Gasteiger partial charge in [0.25, 0.3) is 0 Å². The third kappa shape index (κ3) is 4.55. The smallest absolute Gasteiger partial charge is 0.317 e. The van der Waals surface area contributed by atoms with Crippen molar-refractivity contribution in [1.82, 2.24) is 10.2 Å². The number of carbonyl (C=O) groups excluding carboxylic acids is 1. The number of hydrogen-bond donors (Lipinski definition) is 2. The monoisotopic (exact) mass is 256 g/mol. The van der Waals surface area contributed by atoms with Crippen LogP contribution in [0.3, 0.4) is 0 Å². The Labute approximate surface area is 109 Å². The third-order valence-electron chi connectivity index (χ3n) is 3.78. The average molecular weight is 256 g/mol. The molecule has 0 radical (unpaired) electrons. The molecule has 18 heavy (non-hydrogen) atoms. The van der Waals surface area contributed by atoms with Crippen LogP contribution in [-0.4, -0.2) is 41.6 Å². The lowest BCUT2D eigenvalue weighted by atomic mass is 10.0. The van der Waals surface area contributed by atoms with Crippen molar-refractivity contribution in [2.45, 2.75) is 51.5 Å². The average Bonchev–Trinajstić information content (AvgIpc) is 2.86. The Hall–Kier alpha value is -1.26. The molecular weight excluding hydrogens is 232 g/mol. The molecule has 1 saturated carbocycles. The largest absolute Gasteiger partial charge is 0.481 e. The molecule has 0 bridgehead atoms. The van der Waals surface area contributed by atoms with Crippen molar-refractivity contribution >= 4 is 12.0 Å². The van der Waals surface area contributed by atoms with Gasteiger partial charge in [0.1, 0.15) is 0 Å². The number of aliphatic carboxylic acids is 1. The van der Waals surface area contributed by atoms with Crippen molar-refractivity contribution in [2.75, 3.05) is 13.6 Å². The van der Waals surface area contributed by atoms with E-state index in [1.165, 1.54) is 12.8 Å². The number of hydrogen-bond acceptors (Lipinski definition) is 2. The van der Waals surface area contributed by atoms with Gasteiger partial charge in [0.2, 0.25) is 0 Å². The topological polar surface area (TPSA) is 69.6 Å². The fourth-order valence-corrected chi connectivity index (χ4v) is 2.42. The second-order valence-electron chi connectivity index (χ2n) is 5.11. The molecular formula is C13H24N2O3. The lowest BCUT2D eigenvalue weighted by molar-refractivity contribution is -0.138. The molecule has 104 valence electrons. The highest BCUT2D eigenvalue weighted by molar-refractivity contribution is 5.74. The molecule has 1 unspecified atom stereocenters. The molecule has 2 N–H and O–H groups in total. The van der Waals surface area contributed by atoms with Crippen LogP contribution < -0.4 is 5.32 Å². The standard InChI is InChI=1S/C13H24N2O3/c1-3-10(8-12(16)17)9-14-13(18)15(2)11-6-4-5-7-11/h10-11H,3-9H2,1-2H3,(H,14,18)(H,16,17). The number of nitrogens with zero attached hydrogens (tertiary/aromatic N) is 1. The zero-order valence-corrected chi connectivity index (χ0v) is 11.3. The van der Waals surface area contributed by atoms with Crippen LogP contribution in [-0.2, 0) is 4.79 Å². The molecule has 0 spiro atoms. The van der Waals surface area contributed by atoms with Crippen LogP contribution in [0.5, 0.6) is 0 Å². The van der Waals surface area contributed by atoms with Gasteiger partial charge in [-0.1, -0.05) is 26.2 Å². The van der Waals surface area contributed by atoms with Crippen LogP contribution in [0, 0.1) is 5.92 Å². The van der Waals surface area contributed by atoms with Crippen molar-refractivity contribution in [1.29, 1.82) is 0 Å². The first-order valence-electron chi connectivity index (χ1n) is 6.77. The number of amides is 2. The summed E-state index contributed by atoms with van der Waals surface area (Å²) in [5.41, 5.74) is 0. The molecule has 1 rings (SSSR count). The van der Waals surface area contributed by atoms with E-state index in [-0.39, 0.29) is 18.4 Å². The minimum absolute atomic E-state index is 0.0171. The number of carboxylic acids is 1. The van der Waals surface area contributed by atoms with Crippen molar-refractivity contribution < 1.29 is 14.7 Å². The second kappa shape index (κ2) is 7.24. The predicted molar refractivity (Wildman–Crippen MR) is 69.5 cm³/mol. The number of urea groups is 1. The summed E-state index contributed by atoms with van der Waals surface area (Å²) in [7, 11) is 1.82. The molecule has 5 heteroatoms. The molecule has 0 aromatic rings. The van der Waals surface area contributed by atoms with Gasteiger partial charge in [0, 0.05) is 26.1 Å². The highest BCUT2D eigenvalue weighted by Crippen LogP contribution is 2.22. The summed E-state index contributed by atoms with van der Waals surface area (Å²) < 4.78 is 0. The normalized spacial score (nSPS) is 17.4. The molecule has 0 saturated heterocycles. The molecule has 0 aliphatic heterocycles. The van der Waals surface area contributed by atoms with Gasteiger partial charge in [-0.15, -0.1) is 0 Å². The molecule has 0 heterocycles. The summed E-state index contributed by atoms with van der Waals surface area (Å²) in [6, 6.07) is 0.273. The maximum absolute atomic E-state index is 11.9. The Balaban J connectivity index is 2.32. The van der Waals surface area contributed by atoms with E-state index in [9.17, 15) is 9.59 Å². The predicted octanol–water partition coefficient (Wildman–Crippen LogP) is 2.07. The quantitative estimate of drug-likeness (QED) is 0.764. The fraction of sp³-hybridized carbons (Fsp3) is 0.846. The molecule has 1 atom stereocenters. The zero-order valence-electron chi connectivity index (χ0n) is 11.3. The molecule has 1 aliphatic carbocycles. The van der Waals surface area contributed by atoms with Crippen molar-refractivity contribution in [2.24, 2.45) is 5.92 Å². The van der Waals surface area contributed by atoms with Gasteiger partial charge < -0.3 is 15.3 Å². The first kappa shape index (κ1) is 14.8. The minimum atomic E-state index is -0.805. The Morgan fingerprint density at radius 3 is 2.50 bits per heavy atom. The van der Waals surface area contributed by atoms with Gasteiger partial charge in [-0.05, 0) is 18.8 Å². The number of rotatable bonds is 6. The van der Waals surface area contributed by atoms with Crippen LogP contribution in [0.15, 0.2) is 0 Å². The Bertz CT molecular complexity index is 288. The Morgan fingerprint density at radius 1 is 1.39 bits per heavy atom. The van der Waals surface area contributed by atoms with E-state index >= 15 is 0 Å². The highest BCUT2D eigenvalue weighted by Gasteiger charge is 2.23. The summed E-state index contributed by atoms with van der Waals surface area (Å²) in [4.78, 5) is 24.3. The van der Waals surface area contributed by atoms with Crippen LogP contribution in [0.25, 0.3) is 0 Å². The molecule has 1 aliphatic rings. The van der Waals surface area contributed by atoms with Crippen LogP contribution in [0.2, 0.25) is 0 Å². The van der Waals surface area contributed by atoms with E-state index in [1.54, 1.807) is 4.90 Å². The van der Waals surface area contributed by atoms with E-state index < -0.39 is 5.97 Å². The summed E-state index contributed by atoms with van der Waals surface area (Å²) >= 11 is 0. The summed E-state index contributed by atoms with van der Waals surface area (Å²) in [6.45, 7) is 2.39. The van der Waals surface area contributed by atoms with E-state index in [0.29, 0.717) is 12.6 Å². The molecule has 5 nitrogen and oxygen atoms in total. The first-order chi connectivity index (χ1) is 8.54. The van der Waals surface area contributed by atoms with Crippen molar-refractivity contribution in [3.8, 4) is 0 Å². The number of carboxylic acid groups (broad SMARTS) is 1. The summed E-state index contributed by atoms with van der Waals surface area (Å²) in [6.07, 6.45) is 5.42. The minimum Gasteiger partial charge on any atom is -0.481 e. The summed E-state index contributed by atoms with van der Waals surface area (Å²) in [5.74, 6) is -0.788. The molecule has 0 aromatic carbocycles. The van der Waals surface area contributed by atoms with Crippen LogP contribution >= 0.6 is 0 Å². The zero-order chi connectivity index (χ0) is 13.5. The summed E-state index contributed by atoms with van der Waals surface area (Å²) in [5, 5.41) is 11.6. The SMILES string of the molecule is CCC(CNC(=O)N(C)C1CCCC1)CC(=O)O. The van der Waals surface area contributed by atoms with E-state index in [2.05, 4.69) is 5.32 Å². The van der Waals surface area contributed by atoms with Gasteiger partial charge in [0.05, 0.1) is 0 Å². The third-order valence-corrected chi connectivity index (χ3v) is 3.78. The maximum atomic E-state index is 11.9. The van der Waals surface area contributed by atoms with Gasteiger partial charge >= 0.3 is 12.0 Å². The second-order valence-corrected chi connectivity index (χ2v) is 5.11. The van der Waals surface area contributed by atoms with Gasteiger partial charge in [-0.25, -0.2) is 4.79 Å². The van der Waals surface area contributed by atoms with Crippen LogP contribution in [0.1, 0.15) is 45.4 Å². The van der Waals surface area contributed by atoms with Gasteiger partial charge in [-0.2, -0.15) is 0 Å². The van der Waals surface area contributed by atoms with Gasteiger partial charge in [-0.3, -0.25) is 4.79 Å². The molecule has 2 amide bonds. The lowest BCUT2D eigenvalue weighted by Gasteiger charge is -2.25.